The Hall–Kier alpha value is -3.57. The van der Waals surface area contributed by atoms with Gasteiger partial charge in [-0.2, -0.15) is 31.3 Å². The third-order valence-corrected chi connectivity index (χ3v) is 3.58. The van der Waals surface area contributed by atoms with Crippen molar-refractivity contribution < 1.29 is 35.7 Å². The zero-order chi connectivity index (χ0) is 21.2. The normalized spacial score (nSPS) is 11.9. The van der Waals surface area contributed by atoms with Gasteiger partial charge in [0.15, 0.2) is 0 Å². The Balaban J connectivity index is 1.66. The van der Waals surface area contributed by atoms with Crippen molar-refractivity contribution >= 4 is 11.6 Å². The van der Waals surface area contributed by atoms with Crippen molar-refractivity contribution in [1.29, 1.82) is 0 Å². The number of rotatable bonds is 4. The predicted octanol–water partition coefficient (Wildman–Crippen LogP) is 4.53. The van der Waals surface area contributed by atoms with Gasteiger partial charge in [0.2, 0.25) is 5.82 Å². The van der Waals surface area contributed by atoms with Crippen LogP contribution in [0.4, 0.5) is 32.0 Å². The van der Waals surface area contributed by atoms with Gasteiger partial charge in [-0.3, -0.25) is 15.6 Å². The summed E-state index contributed by atoms with van der Waals surface area (Å²) in [6.07, 6.45) is -9.31. The molecule has 0 bridgehead atoms. The van der Waals surface area contributed by atoms with Crippen LogP contribution in [0, 0.1) is 0 Å². The molecule has 0 aliphatic heterocycles. The van der Waals surface area contributed by atoms with E-state index in [0.29, 0.717) is 0 Å². The number of amides is 1. The molecule has 0 aliphatic rings. The molecule has 0 unspecified atom stereocenters. The van der Waals surface area contributed by atoms with E-state index in [1.165, 1.54) is 36.4 Å². The number of halogens is 6. The van der Waals surface area contributed by atoms with Gasteiger partial charge in [0.05, 0.1) is 11.3 Å². The Labute approximate surface area is 158 Å². The van der Waals surface area contributed by atoms with E-state index in [-0.39, 0.29) is 22.6 Å². The molecule has 2 aromatic carbocycles. The summed E-state index contributed by atoms with van der Waals surface area (Å²) in [5.41, 5.74) is 3.96. The van der Waals surface area contributed by atoms with Crippen molar-refractivity contribution in [3.63, 3.8) is 0 Å². The highest BCUT2D eigenvalue weighted by molar-refractivity contribution is 5.95. The van der Waals surface area contributed by atoms with Crippen LogP contribution in [-0.2, 0) is 12.4 Å². The lowest BCUT2D eigenvalue weighted by Gasteiger charge is -2.11. The summed E-state index contributed by atoms with van der Waals surface area (Å²) in [5, 5.41) is 3.22. The van der Waals surface area contributed by atoms with Crippen molar-refractivity contribution in [1.82, 2.24) is 15.6 Å². The Kier molecular flexibility index (Phi) is 5.18. The minimum Gasteiger partial charge on any atom is -0.329 e. The maximum atomic E-state index is 12.7. The SMILES string of the molecule is O=C(NNc1cccc(C(F)(F)F)c1)c1ccc(-c2noc(C(F)(F)F)n2)cc1. The second-order valence-electron chi connectivity index (χ2n) is 5.66. The van der Waals surface area contributed by atoms with Crippen LogP contribution in [0.3, 0.4) is 0 Å². The average molecular weight is 416 g/mol. The molecule has 0 saturated carbocycles. The van der Waals surface area contributed by atoms with E-state index in [9.17, 15) is 31.1 Å². The maximum absolute atomic E-state index is 12.7. The number of nitrogens with zero attached hydrogens (tertiary/aromatic N) is 2. The fourth-order valence-electron chi connectivity index (χ4n) is 2.20. The first kappa shape index (κ1) is 20.2. The molecule has 3 rings (SSSR count). The molecular weight excluding hydrogens is 406 g/mol. The molecule has 6 nitrogen and oxygen atoms in total. The van der Waals surface area contributed by atoms with E-state index < -0.39 is 29.7 Å². The molecule has 0 spiro atoms. The van der Waals surface area contributed by atoms with Gasteiger partial charge in [0.25, 0.3) is 5.91 Å². The standard InChI is InChI=1S/C17H10F6N4O2/c18-16(19,20)11-2-1-3-12(8-11)25-26-14(28)10-6-4-9(5-7-10)13-24-15(29-27-13)17(21,22)23/h1-8,25H,(H,26,28). The van der Waals surface area contributed by atoms with Gasteiger partial charge in [-0.05, 0) is 30.3 Å². The van der Waals surface area contributed by atoms with E-state index in [0.717, 1.165) is 12.1 Å². The molecule has 0 saturated heterocycles. The molecule has 1 amide bonds. The lowest BCUT2D eigenvalue weighted by molar-refractivity contribution is -0.159. The Morgan fingerprint density at radius 3 is 2.21 bits per heavy atom. The van der Waals surface area contributed by atoms with Crippen molar-refractivity contribution in [3.8, 4) is 11.4 Å². The molecule has 1 aromatic heterocycles. The first-order valence-electron chi connectivity index (χ1n) is 7.79. The number of alkyl halides is 6. The number of carbonyl (C=O) groups excluding carboxylic acids is 1. The molecular formula is C17H10F6N4O2. The Bertz CT molecular complexity index is 1010. The van der Waals surface area contributed by atoms with Crippen LogP contribution in [0.1, 0.15) is 21.8 Å². The summed E-state index contributed by atoms with van der Waals surface area (Å²) in [7, 11) is 0. The van der Waals surface area contributed by atoms with Gasteiger partial charge in [0, 0.05) is 11.1 Å². The second kappa shape index (κ2) is 7.45. The number of aromatic nitrogens is 2. The van der Waals surface area contributed by atoms with Crippen LogP contribution >= 0.6 is 0 Å². The molecule has 152 valence electrons. The molecule has 2 N–H and O–H groups in total. The van der Waals surface area contributed by atoms with Gasteiger partial charge in [-0.1, -0.05) is 23.4 Å². The minimum atomic E-state index is -4.78. The van der Waals surface area contributed by atoms with Gasteiger partial charge in [-0.15, -0.1) is 0 Å². The van der Waals surface area contributed by atoms with E-state index in [4.69, 9.17) is 0 Å². The first-order valence-corrected chi connectivity index (χ1v) is 7.79. The number of hydrogen-bond donors (Lipinski definition) is 2. The molecule has 29 heavy (non-hydrogen) atoms. The molecule has 0 radical (unpaired) electrons. The number of hydrazine groups is 1. The first-order chi connectivity index (χ1) is 13.5. The lowest BCUT2D eigenvalue weighted by atomic mass is 10.1. The van der Waals surface area contributed by atoms with Crippen LogP contribution in [0.2, 0.25) is 0 Å². The summed E-state index contributed by atoms with van der Waals surface area (Å²) >= 11 is 0. The van der Waals surface area contributed by atoms with E-state index in [1.54, 1.807) is 0 Å². The maximum Gasteiger partial charge on any atom is 0.471 e. The van der Waals surface area contributed by atoms with Crippen molar-refractivity contribution in [2.45, 2.75) is 12.4 Å². The van der Waals surface area contributed by atoms with Gasteiger partial charge in [-0.25, -0.2) is 0 Å². The summed E-state index contributed by atoms with van der Waals surface area (Å²) in [6, 6.07) is 9.35. The van der Waals surface area contributed by atoms with Crippen molar-refractivity contribution in [2.24, 2.45) is 0 Å². The van der Waals surface area contributed by atoms with Gasteiger partial charge in [0.1, 0.15) is 0 Å². The van der Waals surface area contributed by atoms with Crippen LogP contribution in [0.25, 0.3) is 11.4 Å². The highest BCUT2D eigenvalue weighted by Crippen LogP contribution is 2.31. The highest BCUT2D eigenvalue weighted by Gasteiger charge is 2.38. The average Bonchev–Trinajstić information content (AvgIpc) is 3.16. The third kappa shape index (κ3) is 4.83. The second-order valence-corrected chi connectivity index (χ2v) is 5.66. The topological polar surface area (TPSA) is 80.0 Å². The molecule has 12 heteroatoms. The van der Waals surface area contributed by atoms with E-state index in [2.05, 4.69) is 25.5 Å². The summed E-state index contributed by atoms with van der Waals surface area (Å²) in [4.78, 5) is 15.3. The summed E-state index contributed by atoms with van der Waals surface area (Å²) in [6.45, 7) is 0. The largest absolute Gasteiger partial charge is 0.471 e. The number of carbonyl (C=O) groups is 1. The Morgan fingerprint density at radius 1 is 0.931 bits per heavy atom. The molecule has 3 aromatic rings. The molecule has 1 heterocycles. The van der Waals surface area contributed by atoms with Gasteiger partial charge < -0.3 is 4.52 Å². The lowest BCUT2D eigenvalue weighted by Crippen LogP contribution is -2.29. The monoisotopic (exact) mass is 416 g/mol. The van der Waals surface area contributed by atoms with Crippen LogP contribution in [0.5, 0.6) is 0 Å². The minimum absolute atomic E-state index is 0.0104. The number of nitrogens with one attached hydrogen (secondary N) is 2. The molecule has 0 aliphatic carbocycles. The number of benzene rings is 2. The third-order valence-electron chi connectivity index (χ3n) is 3.58. The van der Waals surface area contributed by atoms with E-state index >= 15 is 0 Å². The summed E-state index contributed by atoms with van der Waals surface area (Å²) in [5.74, 6) is -2.50. The molecule has 0 atom stereocenters. The quantitative estimate of drug-likeness (QED) is 0.483. The van der Waals surface area contributed by atoms with Crippen molar-refractivity contribution in [3.05, 3.63) is 65.5 Å². The van der Waals surface area contributed by atoms with Crippen LogP contribution in [0.15, 0.2) is 53.1 Å². The predicted molar refractivity (Wildman–Crippen MR) is 87.3 cm³/mol. The number of anilines is 1. The zero-order valence-electron chi connectivity index (χ0n) is 14.1. The Morgan fingerprint density at radius 2 is 1.62 bits per heavy atom. The van der Waals surface area contributed by atoms with Crippen LogP contribution in [-0.4, -0.2) is 16.0 Å². The number of hydrogen-bond acceptors (Lipinski definition) is 5. The van der Waals surface area contributed by atoms with E-state index in [1.807, 2.05) is 0 Å². The van der Waals surface area contributed by atoms with Gasteiger partial charge >= 0.3 is 18.2 Å². The van der Waals surface area contributed by atoms with Crippen molar-refractivity contribution in [2.75, 3.05) is 5.43 Å². The fourth-order valence-corrected chi connectivity index (χ4v) is 2.20. The fraction of sp³-hybridized carbons (Fsp3) is 0.118. The highest BCUT2D eigenvalue weighted by atomic mass is 19.4. The zero-order valence-corrected chi connectivity index (χ0v) is 14.1. The molecule has 0 fully saturated rings. The summed E-state index contributed by atoms with van der Waals surface area (Å²) < 4.78 is 79.6. The smallest absolute Gasteiger partial charge is 0.329 e. The van der Waals surface area contributed by atoms with Crippen LogP contribution < -0.4 is 10.9 Å².